The quantitative estimate of drug-likeness (QED) is 0.143. The Morgan fingerprint density at radius 2 is 1.60 bits per heavy atom. The third-order valence-electron chi connectivity index (χ3n) is 9.84. The average Bonchev–Trinajstić information content (AvgIpc) is 3.33. The summed E-state index contributed by atoms with van der Waals surface area (Å²) < 4.78 is 23.2. The first-order chi connectivity index (χ1) is 23.4. The molecule has 0 saturated heterocycles. The van der Waals surface area contributed by atoms with E-state index in [1.165, 1.54) is 53.2 Å². The highest BCUT2D eigenvalue weighted by atomic mass is 16.7. The molecule has 0 aromatic heterocycles. The Morgan fingerprint density at radius 1 is 0.940 bits per heavy atom. The molecule has 272 valence electrons. The van der Waals surface area contributed by atoms with Gasteiger partial charge in [-0.25, -0.2) is 0 Å². The number of ketones is 1. The third kappa shape index (κ3) is 7.03. The van der Waals surface area contributed by atoms with E-state index in [9.17, 15) is 39.9 Å². The Kier molecular flexibility index (Phi) is 11.2. The van der Waals surface area contributed by atoms with E-state index in [0.717, 1.165) is 6.07 Å². The first kappa shape index (κ1) is 38.2. The van der Waals surface area contributed by atoms with E-state index in [1.807, 2.05) is 0 Å². The number of allylic oxidation sites excluding steroid dienone is 2. The number of fused-ring (bicyclic) bond motifs is 14. The molecule has 0 radical (unpaired) electrons. The number of hydrogen-bond acceptors (Lipinski definition) is 12. The van der Waals surface area contributed by atoms with Gasteiger partial charge in [0.2, 0.25) is 0 Å². The van der Waals surface area contributed by atoms with Gasteiger partial charge in [0.15, 0.2) is 5.75 Å². The zero-order valence-corrected chi connectivity index (χ0v) is 29.7. The SMILES string of the molecule is CO[C@@H]1/C=C\O[C@]2(C)Oc3c(C)c(O)c4c(O)c(cc(O)c4c3C2=O)NC(=O)/C(C)=C\C=C/[C@H](C)[C@H](O)[C@H](C)[C@H](O)[C@H](C)[C@H](OC(C)=O)[C@H]1C. The molecule has 5 bridgehead atoms. The van der Waals surface area contributed by atoms with Gasteiger partial charge in [0.05, 0.1) is 41.2 Å². The number of aliphatic hydroxyl groups excluding tert-OH is 2. The maximum Gasteiger partial charge on any atom is 0.312 e. The fourth-order valence-corrected chi connectivity index (χ4v) is 6.65. The molecule has 50 heavy (non-hydrogen) atoms. The van der Waals surface area contributed by atoms with Crippen LogP contribution in [0.5, 0.6) is 23.0 Å². The Hall–Kier alpha value is -4.59. The number of Topliss-reactive ketones (excluding diaryl/α,β-unsaturated/α-hetero) is 1. The number of phenols is 3. The standard InChI is InChI=1S/C37H47NO12/c1-16-11-10-12-17(2)36(46)38-23-15-24(40)26-27(32(23)44)31(43)21(6)34-28(26)35(45)37(8,50-34)48-14-13-25(47-9)18(3)33(49-22(7)39)20(5)30(42)19(4)29(16)41/h10-16,18-20,25,29-30,33,40-44H,1-9H3,(H,38,46)/b11-10-,14-13-,17-12-/t16-,18-,19-,20-,25+,29-,30-,33+,37+/m0/s1. The first-order valence-electron chi connectivity index (χ1n) is 16.4. The van der Waals surface area contributed by atoms with Gasteiger partial charge in [-0.05, 0) is 19.9 Å². The van der Waals surface area contributed by atoms with Gasteiger partial charge in [-0.15, -0.1) is 0 Å². The molecule has 6 N–H and O–H groups in total. The van der Waals surface area contributed by atoms with Crippen LogP contribution >= 0.6 is 0 Å². The minimum atomic E-state index is -1.98. The number of methoxy groups -OCH3 is 1. The molecule has 13 heteroatoms. The van der Waals surface area contributed by atoms with Gasteiger partial charge in [0.1, 0.15) is 23.4 Å². The number of anilines is 1. The number of amides is 1. The predicted molar refractivity (Wildman–Crippen MR) is 184 cm³/mol. The summed E-state index contributed by atoms with van der Waals surface area (Å²) in [7, 11) is 1.43. The summed E-state index contributed by atoms with van der Waals surface area (Å²) in [5, 5.41) is 58.2. The van der Waals surface area contributed by atoms with Crippen molar-refractivity contribution in [2.24, 2.45) is 23.7 Å². The molecule has 9 atom stereocenters. The minimum absolute atomic E-state index is 0.0709. The first-order valence-corrected chi connectivity index (χ1v) is 16.4. The van der Waals surface area contributed by atoms with Crippen molar-refractivity contribution in [2.45, 2.75) is 85.6 Å². The largest absolute Gasteiger partial charge is 0.507 e. The molecule has 0 aliphatic carbocycles. The number of ether oxygens (including phenoxy) is 4. The Bertz CT molecular complexity index is 1760. The summed E-state index contributed by atoms with van der Waals surface area (Å²) >= 11 is 0. The van der Waals surface area contributed by atoms with Crippen LogP contribution in [0.2, 0.25) is 0 Å². The molecule has 0 fully saturated rings. The maximum absolute atomic E-state index is 13.9. The monoisotopic (exact) mass is 697 g/mol. The number of rotatable bonds is 2. The van der Waals surface area contributed by atoms with Crippen molar-refractivity contribution in [3.63, 3.8) is 0 Å². The molecule has 2 aromatic carbocycles. The van der Waals surface area contributed by atoms with Crippen LogP contribution in [0.15, 0.2) is 42.2 Å². The number of benzene rings is 2. The highest BCUT2D eigenvalue weighted by molar-refractivity contribution is 6.21. The van der Waals surface area contributed by atoms with Crippen LogP contribution in [-0.4, -0.2) is 80.5 Å². The van der Waals surface area contributed by atoms with Crippen LogP contribution in [0, 0.1) is 30.6 Å². The average molecular weight is 698 g/mol. The summed E-state index contributed by atoms with van der Waals surface area (Å²) in [6.45, 7) is 12.5. The number of carbonyl (C=O) groups excluding carboxylic acids is 3. The molecule has 13 nitrogen and oxygen atoms in total. The molecule has 3 heterocycles. The number of phenolic OH excluding ortho intramolecular Hbond substituents is 3. The van der Waals surface area contributed by atoms with E-state index in [-0.39, 0.29) is 38.9 Å². The molecule has 2 aromatic rings. The van der Waals surface area contributed by atoms with Crippen LogP contribution in [-0.2, 0) is 23.8 Å². The van der Waals surface area contributed by atoms with Gasteiger partial charge in [-0.3, -0.25) is 14.4 Å². The lowest BCUT2D eigenvalue weighted by atomic mass is 9.78. The molecule has 0 spiro atoms. The normalized spacial score (nSPS) is 33.2. The van der Waals surface area contributed by atoms with E-state index in [0.29, 0.717) is 0 Å². The summed E-state index contributed by atoms with van der Waals surface area (Å²) in [6, 6.07) is 1.06. The Labute approximate surface area is 290 Å². The van der Waals surface area contributed by atoms with Crippen molar-refractivity contribution in [1.82, 2.24) is 0 Å². The minimum Gasteiger partial charge on any atom is -0.507 e. The van der Waals surface area contributed by atoms with E-state index in [4.69, 9.17) is 18.9 Å². The zero-order chi connectivity index (χ0) is 37.4. The summed E-state index contributed by atoms with van der Waals surface area (Å²) in [5.41, 5.74) is -0.0929. The van der Waals surface area contributed by atoms with Crippen LogP contribution < -0.4 is 10.1 Å². The van der Waals surface area contributed by atoms with Gasteiger partial charge in [0, 0.05) is 67.2 Å². The van der Waals surface area contributed by atoms with Gasteiger partial charge >= 0.3 is 11.8 Å². The molecule has 3 aliphatic heterocycles. The summed E-state index contributed by atoms with van der Waals surface area (Å²) in [5.74, 6) is -7.99. The summed E-state index contributed by atoms with van der Waals surface area (Å²) in [4.78, 5) is 39.2. The van der Waals surface area contributed by atoms with Crippen molar-refractivity contribution in [3.8, 4) is 23.0 Å². The molecular formula is C37H47NO12. The molecule has 0 saturated carbocycles. The van der Waals surface area contributed by atoms with Crippen LogP contribution in [0.4, 0.5) is 5.69 Å². The van der Waals surface area contributed by atoms with E-state index >= 15 is 0 Å². The Balaban J connectivity index is 1.87. The lowest BCUT2D eigenvalue weighted by Gasteiger charge is -2.38. The molecule has 1 amide bonds. The smallest absolute Gasteiger partial charge is 0.312 e. The van der Waals surface area contributed by atoms with Gasteiger partial charge in [0.25, 0.3) is 11.7 Å². The fraction of sp³-hybridized carbons (Fsp3) is 0.486. The van der Waals surface area contributed by atoms with E-state index < -0.39 is 88.8 Å². The number of nitrogens with one attached hydrogen (secondary N) is 1. The molecule has 0 unspecified atom stereocenters. The number of carbonyl (C=O) groups is 3. The number of hydrogen-bond donors (Lipinski definition) is 6. The second-order valence-corrected chi connectivity index (χ2v) is 13.4. The van der Waals surface area contributed by atoms with Gasteiger partial charge in [-0.1, -0.05) is 45.9 Å². The van der Waals surface area contributed by atoms with Gasteiger partial charge < -0.3 is 49.8 Å². The number of esters is 1. The fourth-order valence-electron chi connectivity index (χ4n) is 6.65. The van der Waals surface area contributed by atoms with Crippen molar-refractivity contribution in [1.29, 1.82) is 0 Å². The predicted octanol–water partition coefficient (Wildman–Crippen LogP) is 4.75. The molecule has 3 aliphatic rings. The topological polar surface area (TPSA) is 201 Å². The number of aliphatic hydroxyl groups is 2. The Morgan fingerprint density at radius 3 is 2.22 bits per heavy atom. The number of aromatic hydroxyl groups is 3. The maximum atomic E-state index is 13.9. The van der Waals surface area contributed by atoms with Crippen LogP contribution in [0.3, 0.4) is 0 Å². The van der Waals surface area contributed by atoms with Crippen molar-refractivity contribution < 1.29 is 58.9 Å². The summed E-state index contributed by atoms with van der Waals surface area (Å²) in [6.07, 6.45) is 3.62. The van der Waals surface area contributed by atoms with Crippen molar-refractivity contribution >= 4 is 34.1 Å². The lowest BCUT2D eigenvalue weighted by Crippen LogP contribution is -2.46. The molecular weight excluding hydrogens is 650 g/mol. The second-order valence-electron chi connectivity index (χ2n) is 13.4. The van der Waals surface area contributed by atoms with Crippen molar-refractivity contribution in [3.05, 3.63) is 53.3 Å². The highest BCUT2D eigenvalue weighted by Gasteiger charge is 2.49. The lowest BCUT2D eigenvalue weighted by molar-refractivity contribution is -0.160. The second kappa shape index (κ2) is 14.7. The van der Waals surface area contributed by atoms with Gasteiger partial charge in [-0.2, -0.15) is 0 Å². The van der Waals surface area contributed by atoms with Crippen molar-refractivity contribution in [2.75, 3.05) is 12.4 Å². The molecule has 5 rings (SSSR count). The van der Waals surface area contributed by atoms with Crippen LogP contribution in [0.25, 0.3) is 10.8 Å². The zero-order valence-electron chi connectivity index (χ0n) is 29.7. The van der Waals surface area contributed by atoms with Crippen LogP contribution in [0.1, 0.15) is 64.4 Å². The van der Waals surface area contributed by atoms with E-state index in [2.05, 4.69) is 5.32 Å². The third-order valence-corrected chi connectivity index (χ3v) is 9.84. The highest BCUT2D eigenvalue weighted by Crippen LogP contribution is 2.53. The van der Waals surface area contributed by atoms with E-state index in [1.54, 1.807) is 39.8 Å².